The normalized spacial score (nSPS) is 22.7. The minimum Gasteiger partial charge on any atom is -0.327 e. The van der Waals surface area contributed by atoms with Crippen molar-refractivity contribution in [3.63, 3.8) is 0 Å². The number of Topliss-reactive ketones (excluding diaryl/α,β-unsaturated/α-hetero) is 3. The Balaban J connectivity index is 1.28. The van der Waals surface area contributed by atoms with Gasteiger partial charge in [-0.1, -0.05) is 18.9 Å². The highest BCUT2D eigenvalue weighted by atomic mass is 19.4. The van der Waals surface area contributed by atoms with Crippen molar-refractivity contribution in [3.05, 3.63) is 64.8 Å². The number of carbonyl (C=O) groups excluding carboxylic acids is 4. The fraction of sp³-hybridized carbons (Fsp3) is 0.500. The molecular weight excluding hydrogens is 675 g/mol. The Labute approximate surface area is 298 Å². The lowest BCUT2D eigenvalue weighted by Gasteiger charge is -2.27. The van der Waals surface area contributed by atoms with Crippen molar-refractivity contribution in [2.24, 2.45) is 5.41 Å². The summed E-state index contributed by atoms with van der Waals surface area (Å²) in [6.07, 6.45) is 4.34. The average molecular weight is 716 g/mol. The average Bonchev–Trinajstić information content (AvgIpc) is 3.50. The van der Waals surface area contributed by atoms with Gasteiger partial charge in [0.2, 0.25) is 5.91 Å². The maximum atomic E-state index is 14.4. The van der Waals surface area contributed by atoms with Crippen molar-refractivity contribution in [3.8, 4) is 11.3 Å². The van der Waals surface area contributed by atoms with Crippen LogP contribution in [0.25, 0.3) is 22.2 Å². The first-order valence-electron chi connectivity index (χ1n) is 17.8. The highest BCUT2D eigenvalue weighted by Crippen LogP contribution is 2.62. The van der Waals surface area contributed by atoms with Gasteiger partial charge in [-0.25, -0.2) is 15.0 Å². The van der Waals surface area contributed by atoms with E-state index in [4.69, 9.17) is 4.98 Å². The Morgan fingerprint density at radius 2 is 1.69 bits per heavy atom. The molecule has 0 unspecified atom stereocenters. The zero-order chi connectivity index (χ0) is 36.9. The first-order chi connectivity index (χ1) is 24.7. The van der Waals surface area contributed by atoms with E-state index in [1.807, 2.05) is 0 Å². The molecule has 6 heterocycles. The molecule has 3 atom stereocenters. The van der Waals surface area contributed by atoms with Gasteiger partial charge in [-0.15, -0.1) is 0 Å². The van der Waals surface area contributed by atoms with E-state index in [0.29, 0.717) is 77.8 Å². The van der Waals surface area contributed by atoms with Crippen molar-refractivity contribution in [2.45, 2.75) is 116 Å². The first kappa shape index (κ1) is 35.5. The molecule has 3 aliphatic rings. The number of carbonyl (C=O) groups is 4. The van der Waals surface area contributed by atoms with Crippen molar-refractivity contribution in [2.75, 3.05) is 0 Å². The lowest BCUT2D eigenvalue weighted by molar-refractivity contribution is -0.141. The van der Waals surface area contributed by atoms with Gasteiger partial charge in [-0.2, -0.15) is 18.3 Å². The smallest absolute Gasteiger partial charge is 0.327 e. The van der Waals surface area contributed by atoms with Gasteiger partial charge >= 0.3 is 6.18 Å². The number of alkyl halides is 3. The van der Waals surface area contributed by atoms with Crippen molar-refractivity contribution in [1.29, 1.82) is 0 Å². The predicted molar refractivity (Wildman–Crippen MR) is 183 cm³/mol. The minimum absolute atomic E-state index is 0.0150. The molecule has 7 rings (SSSR count). The summed E-state index contributed by atoms with van der Waals surface area (Å²) >= 11 is 0. The number of hydrogen-bond acceptors (Lipinski definition) is 9. The second kappa shape index (κ2) is 13.6. The van der Waals surface area contributed by atoms with E-state index >= 15 is 0 Å². The third kappa shape index (κ3) is 6.86. The van der Waals surface area contributed by atoms with Crippen LogP contribution < -0.4 is 0 Å². The number of aromatic nitrogens is 6. The molecule has 2 aliphatic heterocycles. The molecule has 272 valence electrons. The van der Waals surface area contributed by atoms with Gasteiger partial charge in [0.05, 0.1) is 35.1 Å². The van der Waals surface area contributed by atoms with Crippen LogP contribution in [-0.2, 0) is 39.9 Å². The topological polar surface area (TPSA) is 141 Å². The van der Waals surface area contributed by atoms with Crippen LogP contribution in [0, 0.1) is 19.3 Å². The third-order valence-electron chi connectivity index (χ3n) is 10.9. The van der Waals surface area contributed by atoms with Crippen LogP contribution >= 0.6 is 0 Å². The maximum absolute atomic E-state index is 14.4. The first-order valence-corrected chi connectivity index (χ1v) is 17.8. The van der Waals surface area contributed by atoms with Crippen molar-refractivity contribution < 1.29 is 32.3 Å². The number of hydrogen-bond donors (Lipinski definition) is 0. The molecule has 2 bridgehead atoms. The summed E-state index contributed by atoms with van der Waals surface area (Å²) in [7, 11) is 0. The molecule has 2 fully saturated rings. The highest BCUT2D eigenvalue weighted by Gasteiger charge is 2.66. The van der Waals surface area contributed by atoms with Crippen LogP contribution in [0.15, 0.2) is 30.6 Å². The third-order valence-corrected chi connectivity index (χ3v) is 10.9. The van der Waals surface area contributed by atoms with E-state index in [2.05, 4.69) is 20.1 Å². The fourth-order valence-electron chi connectivity index (χ4n) is 8.01. The number of nitrogens with zero attached hydrogens (tertiary/aromatic N) is 7. The molecule has 11 nitrogen and oxygen atoms in total. The van der Waals surface area contributed by atoms with Gasteiger partial charge in [0, 0.05) is 49.2 Å². The number of aryl methyl sites for hydroxylation is 3. The lowest BCUT2D eigenvalue weighted by Crippen LogP contribution is -2.45. The highest BCUT2D eigenvalue weighted by molar-refractivity contribution is 6.06. The SMILES string of the molecule is CC(=O)c1nn2c3c(nc(-c4cnc(C)nc4)cc13)CCCCCCC(=O)CC[C@@]13C[C@@H](C(=O)Cc4nc(C(F)(F)F)ccc4C)N(C(=O)C2)[C@@H]1C3. The Hall–Kier alpha value is -4.88. The second-order valence-corrected chi connectivity index (χ2v) is 14.6. The van der Waals surface area contributed by atoms with Crippen LogP contribution in [0.4, 0.5) is 13.2 Å². The van der Waals surface area contributed by atoms with E-state index < -0.39 is 35.0 Å². The molecule has 4 aromatic rings. The Morgan fingerprint density at radius 1 is 0.962 bits per heavy atom. The second-order valence-electron chi connectivity index (χ2n) is 14.6. The maximum Gasteiger partial charge on any atom is 0.433 e. The standard InChI is InChI=1S/C38H40F3N7O4/c1-21-10-11-32(38(39,40)41)45-28(21)15-31(51)30-16-37-13-12-25(50)8-6-4-5-7-9-27-36-26(14-29(44-27)24-18-42-23(3)43-19-24)35(22(2)49)46-47(36)20-34(52)48(30)33(37)17-37/h10-11,14,18-19,30,33H,4-9,12-13,15-17,20H2,1-3H3/t30-,33+,37-/m0/s1. The summed E-state index contributed by atoms with van der Waals surface area (Å²) in [5, 5.41) is 5.20. The molecular formula is C38H40F3N7O4. The van der Waals surface area contributed by atoms with Crippen LogP contribution in [0.1, 0.15) is 104 Å². The summed E-state index contributed by atoms with van der Waals surface area (Å²) in [6.45, 7) is 4.52. The van der Waals surface area contributed by atoms with Crippen LogP contribution in [0.2, 0.25) is 0 Å². The Morgan fingerprint density at radius 3 is 2.40 bits per heavy atom. The van der Waals surface area contributed by atoms with E-state index in [9.17, 15) is 32.3 Å². The van der Waals surface area contributed by atoms with Gasteiger partial charge in [-0.3, -0.25) is 28.8 Å². The van der Waals surface area contributed by atoms with Crippen LogP contribution in [0.3, 0.4) is 0 Å². The Bertz CT molecular complexity index is 2090. The number of piperidine rings is 1. The van der Waals surface area contributed by atoms with E-state index in [1.165, 1.54) is 17.7 Å². The summed E-state index contributed by atoms with van der Waals surface area (Å²) in [6, 6.07) is 2.75. The van der Waals surface area contributed by atoms with E-state index in [1.54, 1.807) is 37.2 Å². The van der Waals surface area contributed by atoms with Crippen molar-refractivity contribution in [1.82, 2.24) is 34.6 Å². The zero-order valence-electron chi connectivity index (χ0n) is 29.4. The fourth-order valence-corrected chi connectivity index (χ4v) is 8.01. The largest absolute Gasteiger partial charge is 0.433 e. The summed E-state index contributed by atoms with van der Waals surface area (Å²) in [5.41, 5.74) is 1.59. The van der Waals surface area contributed by atoms with Gasteiger partial charge in [-0.05, 0) is 75.5 Å². The molecule has 1 saturated carbocycles. The van der Waals surface area contributed by atoms with E-state index in [0.717, 1.165) is 31.7 Å². The van der Waals surface area contributed by atoms with Gasteiger partial charge < -0.3 is 4.90 Å². The molecule has 4 aromatic heterocycles. The van der Waals surface area contributed by atoms with Gasteiger partial charge in [0.25, 0.3) is 0 Å². The van der Waals surface area contributed by atoms with Gasteiger partial charge in [0.1, 0.15) is 29.5 Å². The number of pyridine rings is 2. The molecule has 0 N–H and O–H groups in total. The van der Waals surface area contributed by atoms with E-state index in [-0.39, 0.29) is 42.0 Å². The number of amides is 1. The number of rotatable bonds is 5. The van der Waals surface area contributed by atoms with Crippen LogP contribution in [0.5, 0.6) is 0 Å². The molecule has 14 heteroatoms. The van der Waals surface area contributed by atoms with Gasteiger partial charge in [0.15, 0.2) is 11.6 Å². The predicted octanol–water partition coefficient (Wildman–Crippen LogP) is 6.15. The Kier molecular flexibility index (Phi) is 9.28. The summed E-state index contributed by atoms with van der Waals surface area (Å²) < 4.78 is 42.1. The van der Waals surface area contributed by atoms with Crippen molar-refractivity contribution >= 4 is 34.2 Å². The molecule has 0 radical (unpaired) electrons. The summed E-state index contributed by atoms with van der Waals surface area (Å²) in [5.74, 6) is -0.339. The monoisotopic (exact) mass is 715 g/mol. The minimum atomic E-state index is -4.67. The zero-order valence-corrected chi connectivity index (χ0v) is 29.4. The number of ketones is 3. The summed E-state index contributed by atoms with van der Waals surface area (Å²) in [4.78, 5) is 73.4. The molecule has 1 amide bonds. The molecule has 1 saturated heterocycles. The molecule has 1 aliphatic carbocycles. The molecule has 0 aromatic carbocycles. The number of halogens is 3. The molecule has 0 spiro atoms. The van der Waals surface area contributed by atoms with Crippen LogP contribution in [-0.4, -0.2) is 70.0 Å². The lowest BCUT2D eigenvalue weighted by atomic mass is 9.90. The quantitative estimate of drug-likeness (QED) is 0.223. The molecule has 52 heavy (non-hydrogen) atoms.